The van der Waals surface area contributed by atoms with Gasteiger partial charge in [0.2, 0.25) is 0 Å². The van der Waals surface area contributed by atoms with E-state index in [-0.39, 0.29) is 5.92 Å². The lowest BCUT2D eigenvalue weighted by molar-refractivity contribution is 0.170. The van der Waals surface area contributed by atoms with Crippen molar-refractivity contribution in [2.24, 2.45) is 0 Å². The third-order valence-corrected chi connectivity index (χ3v) is 4.90. The van der Waals surface area contributed by atoms with Crippen LogP contribution in [0.2, 0.25) is 0 Å². The van der Waals surface area contributed by atoms with Gasteiger partial charge in [-0.05, 0) is 56.0 Å². The van der Waals surface area contributed by atoms with Gasteiger partial charge in [-0.2, -0.15) is 5.26 Å². The number of hydrogen-bond donors (Lipinski definition) is 0. The second-order valence-corrected chi connectivity index (χ2v) is 6.99. The van der Waals surface area contributed by atoms with Gasteiger partial charge in [0.1, 0.15) is 6.17 Å². The maximum atomic E-state index is 13.4. The van der Waals surface area contributed by atoms with Crippen molar-refractivity contribution >= 4 is 0 Å². The Bertz CT molecular complexity index is 676. The lowest BCUT2D eigenvalue weighted by atomic mass is 9.78. The van der Waals surface area contributed by atoms with Gasteiger partial charge in [0.15, 0.2) is 0 Å². The van der Waals surface area contributed by atoms with Crippen LogP contribution in [-0.2, 0) is 13.0 Å². The van der Waals surface area contributed by atoms with Gasteiger partial charge >= 0.3 is 0 Å². The Morgan fingerprint density at radius 1 is 1.04 bits per heavy atom. The van der Waals surface area contributed by atoms with Crippen LogP contribution in [0.5, 0.6) is 0 Å². The Balaban J connectivity index is 0.000000758. The molecule has 1 aliphatic rings. The predicted octanol–water partition coefficient (Wildman–Crippen LogP) is 5.50. The van der Waals surface area contributed by atoms with Crippen molar-refractivity contribution < 1.29 is 4.39 Å². The van der Waals surface area contributed by atoms with E-state index in [4.69, 9.17) is 5.26 Å². The first-order valence-electron chi connectivity index (χ1n) is 9.40. The van der Waals surface area contributed by atoms with Gasteiger partial charge in [0.25, 0.3) is 0 Å². The summed E-state index contributed by atoms with van der Waals surface area (Å²) >= 11 is 0. The topological polar surface area (TPSA) is 27.0 Å². The Labute approximate surface area is 157 Å². The number of halogens is 1. The van der Waals surface area contributed by atoms with Gasteiger partial charge < -0.3 is 4.90 Å². The molecule has 0 saturated heterocycles. The molecule has 2 aromatic carbocycles. The number of aryl methyl sites for hydroxylation is 1. The summed E-state index contributed by atoms with van der Waals surface area (Å²) in [6, 6.07) is 20.9. The van der Waals surface area contributed by atoms with Gasteiger partial charge in [-0.3, -0.25) is 0 Å². The van der Waals surface area contributed by atoms with Crippen LogP contribution >= 0.6 is 0 Å². The molecule has 1 saturated carbocycles. The fourth-order valence-corrected chi connectivity index (χ4v) is 3.29. The first-order valence-corrected chi connectivity index (χ1v) is 9.40. The van der Waals surface area contributed by atoms with E-state index in [0.717, 1.165) is 38.8 Å². The summed E-state index contributed by atoms with van der Waals surface area (Å²) in [6.07, 6.45) is 3.36. The maximum Gasteiger partial charge on any atom is 0.107 e. The molecule has 138 valence electrons. The molecule has 0 radical (unpaired) electrons. The summed E-state index contributed by atoms with van der Waals surface area (Å²) in [5.74, 6) is 0.154. The predicted molar refractivity (Wildman–Crippen MR) is 106 cm³/mol. The molecule has 1 aliphatic carbocycles. The highest BCUT2D eigenvalue weighted by Gasteiger charge is 2.31. The minimum absolute atomic E-state index is 0.154. The molecule has 2 unspecified atom stereocenters. The van der Waals surface area contributed by atoms with Crippen LogP contribution in [0.25, 0.3) is 0 Å². The standard InChI is InChI=1S/C21H26FN.C2H3N/c1-23(16-18-6-3-2-4-7-18)15-5-8-17-9-11-19(12-10-17)20-13-14-21(20)22;1-2-3/h2-4,6-7,9-12,20-21H,5,8,13-16H2,1H3;1H3. The quantitative estimate of drug-likeness (QED) is 0.658. The smallest absolute Gasteiger partial charge is 0.107 e. The van der Waals surface area contributed by atoms with Crippen LogP contribution in [-0.4, -0.2) is 24.7 Å². The largest absolute Gasteiger partial charge is 0.302 e. The highest BCUT2D eigenvalue weighted by molar-refractivity contribution is 5.28. The van der Waals surface area contributed by atoms with Gasteiger partial charge in [-0.25, -0.2) is 4.39 Å². The maximum absolute atomic E-state index is 13.4. The normalized spacial score (nSPS) is 18.4. The molecule has 0 aliphatic heterocycles. The van der Waals surface area contributed by atoms with E-state index in [0.29, 0.717) is 0 Å². The molecule has 0 heterocycles. The summed E-state index contributed by atoms with van der Waals surface area (Å²) in [5, 5.41) is 7.32. The molecule has 0 amide bonds. The first-order chi connectivity index (χ1) is 12.6. The van der Waals surface area contributed by atoms with Crippen molar-refractivity contribution in [1.29, 1.82) is 5.26 Å². The molecule has 26 heavy (non-hydrogen) atoms. The number of nitriles is 1. The summed E-state index contributed by atoms with van der Waals surface area (Å²) < 4.78 is 13.4. The molecule has 1 fully saturated rings. The molecule has 2 atom stereocenters. The van der Waals surface area contributed by atoms with Crippen LogP contribution in [0.3, 0.4) is 0 Å². The number of nitrogens with zero attached hydrogens (tertiary/aromatic N) is 2. The lowest BCUT2D eigenvalue weighted by Crippen LogP contribution is -2.24. The van der Waals surface area contributed by atoms with Crippen LogP contribution in [0, 0.1) is 11.3 Å². The molecule has 3 heteroatoms. The van der Waals surface area contributed by atoms with E-state index in [2.05, 4.69) is 66.5 Å². The highest BCUT2D eigenvalue weighted by Crippen LogP contribution is 2.39. The minimum atomic E-state index is -0.618. The Kier molecular flexibility index (Phi) is 8.31. The van der Waals surface area contributed by atoms with Crippen LogP contribution in [0.4, 0.5) is 4.39 Å². The van der Waals surface area contributed by atoms with E-state index in [1.54, 1.807) is 6.07 Å². The molecule has 2 aromatic rings. The second-order valence-electron chi connectivity index (χ2n) is 6.99. The van der Waals surface area contributed by atoms with Crippen molar-refractivity contribution in [3.05, 3.63) is 71.3 Å². The molecule has 0 bridgehead atoms. The molecule has 0 N–H and O–H groups in total. The fraction of sp³-hybridized carbons (Fsp3) is 0.435. The third-order valence-electron chi connectivity index (χ3n) is 4.90. The van der Waals surface area contributed by atoms with Crippen LogP contribution < -0.4 is 0 Å². The van der Waals surface area contributed by atoms with Gasteiger partial charge in [0.05, 0.1) is 6.07 Å². The monoisotopic (exact) mass is 352 g/mol. The molecule has 2 nitrogen and oxygen atoms in total. The average molecular weight is 352 g/mol. The zero-order valence-corrected chi connectivity index (χ0v) is 15.9. The third kappa shape index (κ3) is 6.28. The summed E-state index contributed by atoms with van der Waals surface area (Å²) in [5.41, 5.74) is 3.89. The first kappa shape index (κ1) is 20.1. The van der Waals surface area contributed by atoms with Crippen molar-refractivity contribution in [1.82, 2.24) is 4.90 Å². The lowest BCUT2D eigenvalue weighted by Gasteiger charge is -2.30. The molecule has 0 spiro atoms. The second kappa shape index (κ2) is 10.7. The zero-order chi connectivity index (χ0) is 18.8. The van der Waals surface area contributed by atoms with E-state index >= 15 is 0 Å². The average Bonchev–Trinajstić information content (AvgIpc) is 2.63. The van der Waals surface area contributed by atoms with Crippen LogP contribution in [0.15, 0.2) is 54.6 Å². The Morgan fingerprint density at radius 3 is 2.23 bits per heavy atom. The zero-order valence-electron chi connectivity index (χ0n) is 15.9. The molecule has 0 aromatic heterocycles. The van der Waals surface area contributed by atoms with Crippen molar-refractivity contribution in [2.75, 3.05) is 13.6 Å². The van der Waals surface area contributed by atoms with E-state index in [1.807, 2.05) is 0 Å². The summed E-state index contributed by atoms with van der Waals surface area (Å²) in [6.45, 7) is 3.52. The van der Waals surface area contributed by atoms with E-state index < -0.39 is 6.17 Å². The van der Waals surface area contributed by atoms with Crippen molar-refractivity contribution in [3.63, 3.8) is 0 Å². The van der Waals surface area contributed by atoms with Gasteiger partial charge in [-0.15, -0.1) is 0 Å². The van der Waals surface area contributed by atoms with Gasteiger partial charge in [-0.1, -0.05) is 54.6 Å². The molecule has 3 rings (SSSR count). The molecular weight excluding hydrogens is 323 g/mol. The number of rotatable bonds is 7. The number of alkyl halides is 1. The highest BCUT2D eigenvalue weighted by atomic mass is 19.1. The number of hydrogen-bond acceptors (Lipinski definition) is 2. The summed E-state index contributed by atoms with van der Waals surface area (Å²) in [4.78, 5) is 2.37. The number of benzene rings is 2. The SMILES string of the molecule is CC#N.CN(CCCc1ccc(C2CCC2F)cc1)Cc1ccccc1. The van der Waals surface area contributed by atoms with E-state index in [9.17, 15) is 4.39 Å². The van der Waals surface area contributed by atoms with Crippen LogP contribution in [0.1, 0.15) is 48.8 Å². The Morgan fingerprint density at radius 2 is 1.69 bits per heavy atom. The Hall–Kier alpha value is -2.18. The van der Waals surface area contributed by atoms with Crippen molar-refractivity contribution in [2.45, 2.75) is 51.2 Å². The van der Waals surface area contributed by atoms with E-state index in [1.165, 1.54) is 23.6 Å². The molecular formula is C23H29FN2. The fourth-order valence-electron chi connectivity index (χ4n) is 3.29. The summed E-state index contributed by atoms with van der Waals surface area (Å²) in [7, 11) is 2.17. The minimum Gasteiger partial charge on any atom is -0.302 e. The van der Waals surface area contributed by atoms with Gasteiger partial charge in [0, 0.05) is 19.4 Å². The van der Waals surface area contributed by atoms with Crippen molar-refractivity contribution in [3.8, 4) is 6.07 Å².